The molecule has 2 aliphatic rings. The zero-order valence-corrected chi connectivity index (χ0v) is 15.8. The Hall–Kier alpha value is -3.59. The highest BCUT2D eigenvalue weighted by atomic mass is 19.1. The van der Waals surface area contributed by atoms with Crippen LogP contribution in [-0.2, 0) is 9.53 Å². The van der Waals surface area contributed by atoms with E-state index >= 15 is 0 Å². The van der Waals surface area contributed by atoms with Crippen LogP contribution in [-0.4, -0.2) is 12.9 Å². The standard InChI is InChI=1S/C23H19FN2O3/c1-28-15-8-6-13(7-9-15)14-10-19(27)22-20(11-14)29-23(26)17(12-25)21(22)16-4-2-3-5-18(16)24/h2-9,14,21H,10-11,26H2,1H3/t14-,21-/m1/s1. The van der Waals surface area contributed by atoms with Crippen molar-refractivity contribution >= 4 is 5.78 Å². The molecule has 1 aliphatic carbocycles. The summed E-state index contributed by atoms with van der Waals surface area (Å²) in [6.45, 7) is 0. The first-order valence-corrected chi connectivity index (χ1v) is 9.25. The van der Waals surface area contributed by atoms with Gasteiger partial charge in [0.15, 0.2) is 5.78 Å². The quantitative estimate of drug-likeness (QED) is 0.855. The summed E-state index contributed by atoms with van der Waals surface area (Å²) >= 11 is 0. The predicted octanol–water partition coefficient (Wildman–Crippen LogP) is 4.04. The number of hydrogen-bond acceptors (Lipinski definition) is 5. The van der Waals surface area contributed by atoms with E-state index in [-0.39, 0.29) is 35.1 Å². The second-order valence-electron chi connectivity index (χ2n) is 7.08. The molecule has 2 aromatic carbocycles. The largest absolute Gasteiger partial charge is 0.497 e. The third-order valence-electron chi connectivity index (χ3n) is 5.46. The van der Waals surface area contributed by atoms with Gasteiger partial charge in [-0.15, -0.1) is 0 Å². The van der Waals surface area contributed by atoms with Gasteiger partial charge >= 0.3 is 0 Å². The fourth-order valence-electron chi connectivity index (χ4n) is 4.04. The minimum absolute atomic E-state index is 0.0603. The molecule has 0 saturated carbocycles. The molecule has 6 heteroatoms. The molecule has 1 heterocycles. The van der Waals surface area contributed by atoms with Crippen LogP contribution in [0.15, 0.2) is 71.3 Å². The molecule has 2 atom stereocenters. The van der Waals surface area contributed by atoms with E-state index in [0.29, 0.717) is 17.8 Å². The summed E-state index contributed by atoms with van der Waals surface area (Å²) in [5.41, 5.74) is 7.60. The molecule has 5 nitrogen and oxygen atoms in total. The van der Waals surface area contributed by atoms with Crippen molar-refractivity contribution in [2.45, 2.75) is 24.7 Å². The number of carbonyl (C=O) groups is 1. The number of carbonyl (C=O) groups excluding carboxylic acids is 1. The second kappa shape index (κ2) is 7.44. The molecule has 0 radical (unpaired) electrons. The van der Waals surface area contributed by atoms with Gasteiger partial charge in [0, 0.05) is 24.0 Å². The van der Waals surface area contributed by atoms with E-state index < -0.39 is 11.7 Å². The lowest BCUT2D eigenvalue weighted by Crippen LogP contribution is -2.30. The minimum atomic E-state index is -0.853. The maximum atomic E-state index is 14.6. The number of nitrogens with zero attached hydrogens (tertiary/aromatic N) is 1. The fourth-order valence-corrected chi connectivity index (χ4v) is 4.04. The molecule has 2 aromatic rings. The zero-order chi connectivity index (χ0) is 20.5. The average molecular weight is 390 g/mol. The second-order valence-corrected chi connectivity index (χ2v) is 7.08. The lowest BCUT2D eigenvalue weighted by molar-refractivity contribution is -0.117. The van der Waals surface area contributed by atoms with E-state index in [9.17, 15) is 14.4 Å². The summed E-state index contributed by atoms with van der Waals surface area (Å²) in [6, 6.07) is 15.6. The molecule has 2 N–H and O–H groups in total. The summed E-state index contributed by atoms with van der Waals surface area (Å²) in [6.07, 6.45) is 0.690. The van der Waals surface area contributed by atoms with Crippen LogP contribution in [0.2, 0.25) is 0 Å². The summed E-state index contributed by atoms with van der Waals surface area (Å²) in [4.78, 5) is 13.1. The van der Waals surface area contributed by atoms with Crippen LogP contribution in [0.1, 0.15) is 35.8 Å². The van der Waals surface area contributed by atoms with E-state index in [1.165, 1.54) is 6.07 Å². The number of hydrogen-bond donors (Lipinski definition) is 1. The van der Waals surface area contributed by atoms with Gasteiger partial charge in [0.05, 0.1) is 13.0 Å². The predicted molar refractivity (Wildman–Crippen MR) is 104 cm³/mol. The highest BCUT2D eigenvalue weighted by molar-refractivity contribution is 6.00. The number of ether oxygens (including phenoxy) is 2. The Bertz CT molecular complexity index is 1080. The summed E-state index contributed by atoms with van der Waals surface area (Å²) in [7, 11) is 1.59. The minimum Gasteiger partial charge on any atom is -0.497 e. The number of halogens is 1. The average Bonchev–Trinajstić information content (AvgIpc) is 2.73. The van der Waals surface area contributed by atoms with Crippen LogP contribution in [0.5, 0.6) is 5.75 Å². The Balaban J connectivity index is 1.76. The number of Topliss-reactive ketones (excluding diaryl/α,β-unsaturated/α-hetero) is 1. The first-order valence-electron chi connectivity index (χ1n) is 9.25. The normalized spacial score (nSPS) is 21.3. The smallest absolute Gasteiger partial charge is 0.205 e. The number of nitrogens with two attached hydrogens (primary N) is 1. The van der Waals surface area contributed by atoms with Gasteiger partial charge in [-0.1, -0.05) is 30.3 Å². The fraction of sp³-hybridized carbons (Fsp3) is 0.217. The molecule has 4 rings (SSSR count). The lowest BCUT2D eigenvalue weighted by Gasteiger charge is -2.34. The van der Waals surface area contributed by atoms with E-state index in [4.69, 9.17) is 15.2 Å². The van der Waals surface area contributed by atoms with Crippen LogP contribution in [0.25, 0.3) is 0 Å². The monoisotopic (exact) mass is 390 g/mol. The van der Waals surface area contributed by atoms with Gasteiger partial charge < -0.3 is 15.2 Å². The Kier molecular flexibility index (Phi) is 4.81. The molecule has 146 valence electrons. The SMILES string of the molecule is COc1ccc([C@@H]2CC(=O)C3=C(C2)OC(N)=C(C#N)[C@H]3c2ccccc2F)cc1. The van der Waals surface area contributed by atoms with Crippen molar-refractivity contribution in [2.24, 2.45) is 5.73 Å². The van der Waals surface area contributed by atoms with Crippen molar-refractivity contribution in [3.8, 4) is 11.8 Å². The van der Waals surface area contributed by atoms with E-state index in [1.54, 1.807) is 25.3 Å². The van der Waals surface area contributed by atoms with Crippen LogP contribution < -0.4 is 10.5 Å². The molecule has 29 heavy (non-hydrogen) atoms. The van der Waals surface area contributed by atoms with Crippen molar-refractivity contribution in [2.75, 3.05) is 7.11 Å². The Morgan fingerprint density at radius 3 is 2.55 bits per heavy atom. The third-order valence-corrected chi connectivity index (χ3v) is 5.46. The number of nitriles is 1. The van der Waals surface area contributed by atoms with Crippen LogP contribution in [0, 0.1) is 17.1 Å². The van der Waals surface area contributed by atoms with Crippen molar-refractivity contribution < 1.29 is 18.7 Å². The summed E-state index contributed by atoms with van der Waals surface area (Å²) < 4.78 is 25.4. The van der Waals surface area contributed by atoms with Gasteiger partial charge in [0.25, 0.3) is 0 Å². The molecule has 0 unspecified atom stereocenters. The van der Waals surface area contributed by atoms with Gasteiger partial charge in [0.1, 0.15) is 29.0 Å². The first kappa shape index (κ1) is 18.8. The van der Waals surface area contributed by atoms with Crippen LogP contribution in [0.3, 0.4) is 0 Å². The lowest BCUT2D eigenvalue weighted by atomic mass is 9.73. The van der Waals surface area contributed by atoms with Gasteiger partial charge in [-0.3, -0.25) is 4.79 Å². The van der Waals surface area contributed by atoms with Crippen molar-refractivity contribution in [1.29, 1.82) is 5.26 Å². The van der Waals surface area contributed by atoms with E-state index in [2.05, 4.69) is 0 Å². The summed E-state index contributed by atoms with van der Waals surface area (Å²) in [5.74, 6) is -0.541. The van der Waals surface area contributed by atoms with Crippen molar-refractivity contribution in [3.05, 3.63) is 88.3 Å². The molecule has 0 aromatic heterocycles. The number of ketones is 1. The number of benzene rings is 2. The zero-order valence-electron chi connectivity index (χ0n) is 15.8. The Labute approximate surface area is 167 Å². The third kappa shape index (κ3) is 3.25. The maximum Gasteiger partial charge on any atom is 0.205 e. The Morgan fingerprint density at radius 1 is 1.17 bits per heavy atom. The molecule has 1 aliphatic heterocycles. The Morgan fingerprint density at radius 2 is 1.90 bits per heavy atom. The highest BCUT2D eigenvalue weighted by Gasteiger charge is 2.41. The van der Waals surface area contributed by atoms with Crippen LogP contribution in [0.4, 0.5) is 4.39 Å². The molecular weight excluding hydrogens is 371 g/mol. The highest BCUT2D eigenvalue weighted by Crippen LogP contribution is 2.47. The molecule has 0 amide bonds. The molecule has 0 fully saturated rings. The first-order chi connectivity index (χ1) is 14.0. The molecule has 0 bridgehead atoms. The molecular formula is C23H19FN2O3. The van der Waals surface area contributed by atoms with Crippen molar-refractivity contribution in [1.82, 2.24) is 0 Å². The number of allylic oxidation sites excluding steroid dienone is 3. The van der Waals surface area contributed by atoms with Gasteiger partial charge in [-0.05, 0) is 29.7 Å². The van der Waals surface area contributed by atoms with Gasteiger partial charge in [0.2, 0.25) is 5.88 Å². The molecule has 0 saturated heterocycles. The van der Waals surface area contributed by atoms with Gasteiger partial charge in [-0.2, -0.15) is 5.26 Å². The van der Waals surface area contributed by atoms with E-state index in [0.717, 1.165) is 11.3 Å². The van der Waals surface area contributed by atoms with Crippen molar-refractivity contribution in [3.63, 3.8) is 0 Å². The number of methoxy groups -OCH3 is 1. The van der Waals surface area contributed by atoms with Gasteiger partial charge in [-0.25, -0.2) is 4.39 Å². The number of rotatable bonds is 3. The summed E-state index contributed by atoms with van der Waals surface area (Å²) in [5, 5.41) is 9.60. The van der Waals surface area contributed by atoms with Crippen LogP contribution >= 0.6 is 0 Å². The maximum absolute atomic E-state index is 14.6. The molecule has 0 spiro atoms. The topological polar surface area (TPSA) is 85.3 Å². The van der Waals surface area contributed by atoms with E-state index in [1.807, 2.05) is 30.3 Å².